The minimum atomic E-state index is -0.171. The van der Waals surface area contributed by atoms with Gasteiger partial charge >= 0.3 is 0 Å². The fraction of sp³-hybridized carbons (Fsp3) is 0.333. The Bertz CT molecular complexity index is 502. The third-order valence-corrected chi connectivity index (χ3v) is 3.19. The van der Waals surface area contributed by atoms with Crippen LogP contribution in [0.25, 0.3) is 11.1 Å². The summed E-state index contributed by atoms with van der Waals surface area (Å²) in [7, 11) is 0. The topological polar surface area (TPSA) is 18.5 Å². The number of ether oxygens (including phenoxy) is 2. The van der Waals surface area contributed by atoms with E-state index in [1.165, 1.54) is 16.7 Å². The molecule has 2 nitrogen and oxygen atoms in total. The highest BCUT2D eigenvalue weighted by atomic mass is 16.7. The summed E-state index contributed by atoms with van der Waals surface area (Å²) >= 11 is 0. The van der Waals surface area contributed by atoms with Crippen molar-refractivity contribution in [1.82, 2.24) is 0 Å². The van der Waals surface area contributed by atoms with Gasteiger partial charge in [0.15, 0.2) is 6.29 Å². The minimum Gasteiger partial charge on any atom is -0.353 e. The Morgan fingerprint density at radius 3 is 2.05 bits per heavy atom. The second-order valence-corrected chi connectivity index (χ2v) is 4.57. The van der Waals surface area contributed by atoms with Gasteiger partial charge in [0, 0.05) is 19.6 Å². The molecule has 2 aromatic rings. The molecule has 0 spiro atoms. The van der Waals surface area contributed by atoms with Crippen LogP contribution in [-0.4, -0.2) is 19.5 Å². The molecule has 2 rings (SSSR count). The molecule has 0 aliphatic carbocycles. The van der Waals surface area contributed by atoms with Gasteiger partial charge < -0.3 is 9.47 Å². The van der Waals surface area contributed by atoms with Gasteiger partial charge in [-0.2, -0.15) is 0 Å². The lowest BCUT2D eigenvalue weighted by Crippen LogP contribution is -2.20. The fourth-order valence-electron chi connectivity index (χ4n) is 2.31. The normalized spacial score (nSPS) is 10.9. The van der Waals surface area contributed by atoms with Crippen LogP contribution in [0.4, 0.5) is 0 Å². The molecule has 0 unspecified atom stereocenters. The first-order valence-electron chi connectivity index (χ1n) is 7.21. The van der Waals surface area contributed by atoms with Crippen molar-refractivity contribution < 1.29 is 9.47 Å². The van der Waals surface area contributed by atoms with E-state index in [9.17, 15) is 0 Å². The highest BCUT2D eigenvalue weighted by molar-refractivity contribution is 5.67. The monoisotopic (exact) mass is 270 g/mol. The molecule has 0 amide bonds. The Labute approximate surface area is 121 Å². The van der Waals surface area contributed by atoms with Crippen molar-refractivity contribution in [3.05, 3.63) is 60.2 Å². The van der Waals surface area contributed by atoms with Crippen molar-refractivity contribution in [2.45, 2.75) is 26.6 Å². The van der Waals surface area contributed by atoms with Gasteiger partial charge in [-0.1, -0.05) is 54.6 Å². The zero-order valence-corrected chi connectivity index (χ0v) is 12.2. The summed E-state index contributed by atoms with van der Waals surface area (Å²) in [5, 5.41) is 0. The van der Waals surface area contributed by atoms with E-state index in [4.69, 9.17) is 9.47 Å². The number of hydrogen-bond acceptors (Lipinski definition) is 2. The van der Waals surface area contributed by atoms with E-state index in [0.29, 0.717) is 13.2 Å². The van der Waals surface area contributed by atoms with Crippen LogP contribution in [-0.2, 0) is 15.9 Å². The molecule has 20 heavy (non-hydrogen) atoms. The van der Waals surface area contributed by atoms with Crippen molar-refractivity contribution in [2.75, 3.05) is 13.2 Å². The SMILES string of the molecule is CCOC(Cc1ccccc1-c1ccccc1)OCC. The molecule has 0 aromatic heterocycles. The minimum absolute atomic E-state index is 0.171. The lowest BCUT2D eigenvalue weighted by Gasteiger charge is -2.19. The van der Waals surface area contributed by atoms with Crippen molar-refractivity contribution >= 4 is 0 Å². The van der Waals surface area contributed by atoms with Gasteiger partial charge in [-0.3, -0.25) is 0 Å². The van der Waals surface area contributed by atoms with Crippen LogP contribution < -0.4 is 0 Å². The summed E-state index contributed by atoms with van der Waals surface area (Å²) in [6, 6.07) is 18.9. The molecule has 106 valence electrons. The van der Waals surface area contributed by atoms with Crippen molar-refractivity contribution in [3.8, 4) is 11.1 Å². The Balaban J connectivity index is 2.23. The zero-order valence-electron chi connectivity index (χ0n) is 12.2. The van der Waals surface area contributed by atoms with E-state index < -0.39 is 0 Å². The van der Waals surface area contributed by atoms with Crippen LogP contribution in [0.5, 0.6) is 0 Å². The third-order valence-electron chi connectivity index (χ3n) is 3.19. The number of rotatable bonds is 7. The average molecular weight is 270 g/mol. The largest absolute Gasteiger partial charge is 0.353 e. The van der Waals surface area contributed by atoms with E-state index in [0.717, 1.165) is 6.42 Å². The molecule has 0 fully saturated rings. The smallest absolute Gasteiger partial charge is 0.161 e. The van der Waals surface area contributed by atoms with Crippen LogP contribution >= 0.6 is 0 Å². The van der Waals surface area contributed by atoms with E-state index in [1.54, 1.807) is 0 Å². The molecule has 0 atom stereocenters. The predicted molar refractivity (Wildman–Crippen MR) is 82.6 cm³/mol. The summed E-state index contributed by atoms with van der Waals surface area (Å²) in [5.41, 5.74) is 3.73. The van der Waals surface area contributed by atoms with E-state index in [-0.39, 0.29) is 6.29 Å². The first kappa shape index (κ1) is 14.8. The highest BCUT2D eigenvalue weighted by Crippen LogP contribution is 2.25. The molecule has 0 radical (unpaired) electrons. The first-order valence-corrected chi connectivity index (χ1v) is 7.21. The fourth-order valence-corrected chi connectivity index (χ4v) is 2.31. The molecule has 0 N–H and O–H groups in total. The Kier molecular flexibility index (Phi) is 5.78. The summed E-state index contributed by atoms with van der Waals surface area (Å²) in [4.78, 5) is 0. The molecular formula is C18H22O2. The summed E-state index contributed by atoms with van der Waals surface area (Å²) in [5.74, 6) is 0. The molecule has 0 saturated heterocycles. The Hall–Kier alpha value is -1.64. The number of hydrogen-bond donors (Lipinski definition) is 0. The third kappa shape index (κ3) is 3.92. The lowest BCUT2D eigenvalue weighted by molar-refractivity contribution is -0.134. The molecule has 0 bridgehead atoms. The van der Waals surface area contributed by atoms with Crippen LogP contribution in [0.1, 0.15) is 19.4 Å². The second kappa shape index (κ2) is 7.83. The molecule has 0 heterocycles. The van der Waals surface area contributed by atoms with Gasteiger partial charge in [-0.25, -0.2) is 0 Å². The maximum atomic E-state index is 5.65. The van der Waals surface area contributed by atoms with Crippen LogP contribution in [0.3, 0.4) is 0 Å². The van der Waals surface area contributed by atoms with Crippen LogP contribution in [0, 0.1) is 0 Å². The van der Waals surface area contributed by atoms with E-state index >= 15 is 0 Å². The molecule has 0 aliphatic rings. The van der Waals surface area contributed by atoms with Crippen LogP contribution in [0.15, 0.2) is 54.6 Å². The molecular weight excluding hydrogens is 248 g/mol. The maximum Gasteiger partial charge on any atom is 0.161 e. The molecule has 0 saturated carbocycles. The quantitative estimate of drug-likeness (QED) is 0.699. The lowest BCUT2D eigenvalue weighted by atomic mass is 9.97. The van der Waals surface area contributed by atoms with E-state index in [1.807, 2.05) is 19.9 Å². The van der Waals surface area contributed by atoms with Crippen molar-refractivity contribution in [1.29, 1.82) is 0 Å². The van der Waals surface area contributed by atoms with Gasteiger partial charge in [0.2, 0.25) is 0 Å². The Morgan fingerprint density at radius 1 is 0.800 bits per heavy atom. The summed E-state index contributed by atoms with van der Waals surface area (Å²) < 4.78 is 11.3. The van der Waals surface area contributed by atoms with E-state index in [2.05, 4.69) is 48.5 Å². The standard InChI is InChI=1S/C18H22O2/c1-3-19-18(20-4-2)14-16-12-8-9-13-17(16)15-10-6-5-7-11-15/h5-13,18H,3-4,14H2,1-2H3. The van der Waals surface area contributed by atoms with Crippen molar-refractivity contribution in [3.63, 3.8) is 0 Å². The van der Waals surface area contributed by atoms with Gasteiger partial charge in [0.05, 0.1) is 0 Å². The Morgan fingerprint density at radius 2 is 1.40 bits per heavy atom. The predicted octanol–water partition coefficient (Wildman–Crippen LogP) is 4.30. The number of benzene rings is 2. The van der Waals surface area contributed by atoms with Gasteiger partial charge in [0.25, 0.3) is 0 Å². The average Bonchev–Trinajstić information content (AvgIpc) is 2.49. The summed E-state index contributed by atoms with van der Waals surface area (Å²) in [6.07, 6.45) is 0.599. The van der Waals surface area contributed by atoms with Crippen LogP contribution in [0.2, 0.25) is 0 Å². The van der Waals surface area contributed by atoms with Gasteiger partial charge in [-0.15, -0.1) is 0 Å². The first-order chi connectivity index (χ1) is 9.85. The summed E-state index contributed by atoms with van der Waals surface area (Å²) in [6.45, 7) is 5.32. The molecule has 0 aliphatic heterocycles. The highest BCUT2D eigenvalue weighted by Gasteiger charge is 2.12. The second-order valence-electron chi connectivity index (χ2n) is 4.57. The zero-order chi connectivity index (χ0) is 14.2. The molecule has 2 heteroatoms. The van der Waals surface area contributed by atoms with Gasteiger partial charge in [0.1, 0.15) is 0 Å². The van der Waals surface area contributed by atoms with Crippen molar-refractivity contribution in [2.24, 2.45) is 0 Å². The maximum absolute atomic E-state index is 5.65. The molecule has 2 aromatic carbocycles. The van der Waals surface area contributed by atoms with Gasteiger partial charge in [-0.05, 0) is 30.5 Å².